The van der Waals surface area contributed by atoms with E-state index in [1.54, 1.807) is 0 Å². The van der Waals surface area contributed by atoms with Crippen molar-refractivity contribution >= 4 is 0 Å². The molecule has 12 heavy (non-hydrogen) atoms. The van der Waals surface area contributed by atoms with E-state index in [1.807, 2.05) is 12.2 Å². The quantitative estimate of drug-likeness (QED) is 0.399. The maximum absolute atomic E-state index is 5.35. The van der Waals surface area contributed by atoms with E-state index in [-0.39, 0.29) is 0 Å². The van der Waals surface area contributed by atoms with Crippen LogP contribution >= 0.6 is 0 Å². The molecule has 70 valence electrons. The molecule has 0 bridgehead atoms. The zero-order valence-electron chi connectivity index (χ0n) is 8.09. The molecule has 0 fully saturated rings. The summed E-state index contributed by atoms with van der Waals surface area (Å²) in [7, 11) is 0. The SMILES string of the molecule is C=CC=CCCCCOCCC. The lowest BCUT2D eigenvalue weighted by atomic mass is 10.2. The third-order valence-corrected chi connectivity index (χ3v) is 1.53. The topological polar surface area (TPSA) is 9.23 Å². The third kappa shape index (κ3) is 9.44. The Morgan fingerprint density at radius 3 is 2.75 bits per heavy atom. The van der Waals surface area contributed by atoms with Gasteiger partial charge in [-0.05, 0) is 25.7 Å². The van der Waals surface area contributed by atoms with E-state index in [0.717, 1.165) is 26.1 Å². The molecule has 0 atom stereocenters. The summed E-state index contributed by atoms with van der Waals surface area (Å²) in [4.78, 5) is 0. The van der Waals surface area contributed by atoms with Crippen molar-refractivity contribution in [1.29, 1.82) is 0 Å². The van der Waals surface area contributed by atoms with Crippen LogP contribution in [0.2, 0.25) is 0 Å². The van der Waals surface area contributed by atoms with Gasteiger partial charge in [-0.3, -0.25) is 0 Å². The molecule has 1 heteroatoms. The molecule has 0 aliphatic rings. The highest BCUT2D eigenvalue weighted by Crippen LogP contribution is 1.97. The van der Waals surface area contributed by atoms with Gasteiger partial charge >= 0.3 is 0 Å². The summed E-state index contributed by atoms with van der Waals surface area (Å²) in [5.41, 5.74) is 0. The van der Waals surface area contributed by atoms with E-state index in [0.29, 0.717) is 0 Å². The number of ether oxygens (including phenoxy) is 1. The molecule has 0 saturated carbocycles. The van der Waals surface area contributed by atoms with Crippen LogP contribution in [0.1, 0.15) is 32.6 Å². The normalized spacial score (nSPS) is 10.8. The zero-order valence-corrected chi connectivity index (χ0v) is 8.09. The van der Waals surface area contributed by atoms with Gasteiger partial charge in [0.15, 0.2) is 0 Å². The molecule has 0 aliphatic heterocycles. The first-order valence-electron chi connectivity index (χ1n) is 4.77. The largest absolute Gasteiger partial charge is 0.381 e. The second-order valence-corrected chi connectivity index (χ2v) is 2.77. The van der Waals surface area contributed by atoms with Crippen LogP contribution in [-0.4, -0.2) is 13.2 Å². The standard InChI is InChI=1S/C11H20O/c1-3-5-6-7-8-9-11-12-10-4-2/h3,5-6H,1,4,7-11H2,2H3. The lowest BCUT2D eigenvalue weighted by Gasteiger charge is -1.99. The predicted octanol–water partition coefficient (Wildman–Crippen LogP) is 3.33. The van der Waals surface area contributed by atoms with Gasteiger partial charge in [0.1, 0.15) is 0 Å². The maximum atomic E-state index is 5.35. The molecule has 0 unspecified atom stereocenters. The zero-order chi connectivity index (χ0) is 9.07. The van der Waals surface area contributed by atoms with E-state index in [1.165, 1.54) is 12.8 Å². The van der Waals surface area contributed by atoms with Gasteiger partial charge in [0.2, 0.25) is 0 Å². The monoisotopic (exact) mass is 168 g/mol. The van der Waals surface area contributed by atoms with Crippen molar-refractivity contribution in [2.45, 2.75) is 32.6 Å². The molecule has 0 N–H and O–H groups in total. The molecular weight excluding hydrogens is 148 g/mol. The van der Waals surface area contributed by atoms with Crippen LogP contribution in [0.4, 0.5) is 0 Å². The number of hydrogen-bond acceptors (Lipinski definition) is 1. The number of rotatable bonds is 8. The Morgan fingerprint density at radius 1 is 1.25 bits per heavy atom. The van der Waals surface area contributed by atoms with Crippen LogP contribution in [0.3, 0.4) is 0 Å². The van der Waals surface area contributed by atoms with E-state index in [2.05, 4.69) is 19.6 Å². The Balaban J connectivity index is 2.90. The molecule has 0 spiro atoms. The molecule has 1 nitrogen and oxygen atoms in total. The van der Waals surface area contributed by atoms with Crippen molar-refractivity contribution in [3.05, 3.63) is 24.8 Å². The van der Waals surface area contributed by atoms with Crippen molar-refractivity contribution in [1.82, 2.24) is 0 Å². The van der Waals surface area contributed by atoms with Crippen LogP contribution in [0.15, 0.2) is 24.8 Å². The lowest BCUT2D eigenvalue weighted by molar-refractivity contribution is 0.131. The minimum absolute atomic E-state index is 0.905. The molecule has 0 rings (SSSR count). The van der Waals surface area contributed by atoms with Crippen molar-refractivity contribution in [2.24, 2.45) is 0 Å². The van der Waals surface area contributed by atoms with Gasteiger partial charge in [-0.15, -0.1) is 0 Å². The number of hydrogen-bond donors (Lipinski definition) is 0. The average Bonchev–Trinajstić information content (AvgIpc) is 2.10. The van der Waals surface area contributed by atoms with E-state index < -0.39 is 0 Å². The van der Waals surface area contributed by atoms with E-state index in [9.17, 15) is 0 Å². The summed E-state index contributed by atoms with van der Waals surface area (Å²) in [5.74, 6) is 0. The van der Waals surface area contributed by atoms with E-state index in [4.69, 9.17) is 4.74 Å². The molecule has 0 heterocycles. The first-order valence-corrected chi connectivity index (χ1v) is 4.77. The van der Waals surface area contributed by atoms with Gasteiger partial charge in [-0.1, -0.05) is 31.7 Å². The molecule has 0 aromatic heterocycles. The van der Waals surface area contributed by atoms with Crippen LogP contribution in [0.5, 0.6) is 0 Å². The molecule has 0 aromatic carbocycles. The lowest BCUT2D eigenvalue weighted by Crippen LogP contribution is -1.94. The van der Waals surface area contributed by atoms with Gasteiger partial charge in [0, 0.05) is 13.2 Å². The summed E-state index contributed by atoms with van der Waals surface area (Å²) in [6.45, 7) is 7.56. The highest BCUT2D eigenvalue weighted by atomic mass is 16.5. The fourth-order valence-electron chi connectivity index (χ4n) is 0.905. The summed E-state index contributed by atoms with van der Waals surface area (Å²) >= 11 is 0. The van der Waals surface area contributed by atoms with Crippen LogP contribution in [-0.2, 0) is 4.74 Å². The minimum Gasteiger partial charge on any atom is -0.381 e. The Labute approximate surface area is 76.1 Å². The predicted molar refractivity (Wildman–Crippen MR) is 54.3 cm³/mol. The molecule has 0 aliphatic carbocycles. The average molecular weight is 168 g/mol. The van der Waals surface area contributed by atoms with Gasteiger partial charge in [0.25, 0.3) is 0 Å². The summed E-state index contributed by atoms with van der Waals surface area (Å²) in [5, 5.41) is 0. The Bertz CT molecular complexity index is 116. The summed E-state index contributed by atoms with van der Waals surface area (Å²) < 4.78 is 5.35. The van der Waals surface area contributed by atoms with Gasteiger partial charge < -0.3 is 4.74 Å². The highest BCUT2D eigenvalue weighted by Gasteiger charge is 1.86. The Morgan fingerprint density at radius 2 is 2.08 bits per heavy atom. The van der Waals surface area contributed by atoms with Crippen molar-refractivity contribution in [3.63, 3.8) is 0 Å². The van der Waals surface area contributed by atoms with Gasteiger partial charge in [-0.2, -0.15) is 0 Å². The van der Waals surface area contributed by atoms with Gasteiger partial charge in [-0.25, -0.2) is 0 Å². The van der Waals surface area contributed by atoms with E-state index >= 15 is 0 Å². The van der Waals surface area contributed by atoms with Crippen LogP contribution < -0.4 is 0 Å². The molecule has 0 aromatic rings. The molecular formula is C11H20O. The second kappa shape index (κ2) is 10.4. The molecule has 0 radical (unpaired) electrons. The smallest absolute Gasteiger partial charge is 0.0466 e. The summed E-state index contributed by atoms with van der Waals surface area (Å²) in [6.07, 6.45) is 10.6. The highest BCUT2D eigenvalue weighted by molar-refractivity contribution is 4.96. The fourth-order valence-corrected chi connectivity index (χ4v) is 0.905. The number of allylic oxidation sites excluding steroid dienone is 3. The third-order valence-electron chi connectivity index (χ3n) is 1.53. The first-order chi connectivity index (χ1) is 5.91. The molecule has 0 saturated heterocycles. The maximum Gasteiger partial charge on any atom is 0.0466 e. The molecule has 0 amide bonds. The van der Waals surface area contributed by atoms with Crippen LogP contribution in [0, 0.1) is 0 Å². The van der Waals surface area contributed by atoms with Crippen LogP contribution in [0.25, 0.3) is 0 Å². The first kappa shape index (κ1) is 11.4. The summed E-state index contributed by atoms with van der Waals surface area (Å²) in [6, 6.07) is 0. The van der Waals surface area contributed by atoms with Crippen molar-refractivity contribution < 1.29 is 4.74 Å². The van der Waals surface area contributed by atoms with Gasteiger partial charge in [0.05, 0.1) is 0 Å². The van der Waals surface area contributed by atoms with Crippen molar-refractivity contribution in [2.75, 3.05) is 13.2 Å². The number of unbranched alkanes of at least 4 members (excludes halogenated alkanes) is 2. The Hall–Kier alpha value is -0.560. The fraction of sp³-hybridized carbons (Fsp3) is 0.636. The minimum atomic E-state index is 0.905. The van der Waals surface area contributed by atoms with Crippen molar-refractivity contribution in [3.8, 4) is 0 Å². The Kier molecular flexibility index (Phi) is 9.95. The second-order valence-electron chi connectivity index (χ2n) is 2.77.